The van der Waals surface area contributed by atoms with E-state index in [-0.39, 0.29) is 6.17 Å². The third-order valence-electron chi connectivity index (χ3n) is 5.93. The van der Waals surface area contributed by atoms with Gasteiger partial charge < -0.3 is 5.32 Å². The van der Waals surface area contributed by atoms with Gasteiger partial charge in [0.2, 0.25) is 0 Å². The fourth-order valence-electron chi connectivity index (χ4n) is 4.66. The second-order valence-corrected chi connectivity index (χ2v) is 7.94. The first kappa shape index (κ1) is 16.4. The zero-order chi connectivity index (χ0) is 19.5. The summed E-state index contributed by atoms with van der Waals surface area (Å²) in [6.07, 6.45) is -0.0649. The Hall–Kier alpha value is -3.59. The van der Waals surface area contributed by atoms with Crippen molar-refractivity contribution in [1.29, 1.82) is 0 Å². The minimum absolute atomic E-state index is 0.0649. The fraction of sp³-hybridized carbons (Fsp3) is 0.115. The van der Waals surface area contributed by atoms with Crippen LogP contribution in [-0.4, -0.2) is 9.78 Å². The summed E-state index contributed by atoms with van der Waals surface area (Å²) in [6.45, 7) is 4.21. The van der Waals surface area contributed by atoms with Crippen LogP contribution in [0.4, 0.5) is 5.69 Å². The minimum Gasteiger partial charge on any atom is -0.359 e. The maximum Gasteiger partial charge on any atom is 0.148 e. The summed E-state index contributed by atoms with van der Waals surface area (Å²) in [5, 5.41) is 13.7. The Labute approximate surface area is 169 Å². The van der Waals surface area contributed by atoms with E-state index >= 15 is 0 Å². The molecule has 29 heavy (non-hydrogen) atoms. The second kappa shape index (κ2) is 5.95. The van der Waals surface area contributed by atoms with Crippen molar-refractivity contribution in [2.24, 2.45) is 0 Å². The van der Waals surface area contributed by atoms with E-state index in [1.165, 1.54) is 43.9 Å². The number of benzene rings is 4. The van der Waals surface area contributed by atoms with Crippen LogP contribution in [0, 0.1) is 13.8 Å². The van der Waals surface area contributed by atoms with Gasteiger partial charge in [0.25, 0.3) is 0 Å². The van der Waals surface area contributed by atoms with Gasteiger partial charge in [-0.25, -0.2) is 4.68 Å². The topological polar surface area (TPSA) is 29.9 Å². The van der Waals surface area contributed by atoms with Crippen LogP contribution in [0.2, 0.25) is 0 Å². The van der Waals surface area contributed by atoms with Crippen molar-refractivity contribution in [3.63, 3.8) is 0 Å². The molecule has 4 aromatic carbocycles. The molecule has 1 aromatic heterocycles. The van der Waals surface area contributed by atoms with Gasteiger partial charge in [-0.15, -0.1) is 0 Å². The van der Waals surface area contributed by atoms with Crippen LogP contribution in [0.25, 0.3) is 32.8 Å². The molecule has 1 unspecified atom stereocenters. The second-order valence-electron chi connectivity index (χ2n) is 7.94. The fourth-order valence-corrected chi connectivity index (χ4v) is 4.66. The van der Waals surface area contributed by atoms with Gasteiger partial charge in [0.05, 0.1) is 11.4 Å². The lowest BCUT2D eigenvalue weighted by atomic mass is 9.93. The largest absolute Gasteiger partial charge is 0.359 e. The van der Waals surface area contributed by atoms with Crippen LogP contribution in [-0.2, 0) is 0 Å². The predicted molar refractivity (Wildman–Crippen MR) is 120 cm³/mol. The van der Waals surface area contributed by atoms with Crippen LogP contribution in [0.3, 0.4) is 0 Å². The first-order valence-electron chi connectivity index (χ1n) is 10.0. The molecule has 0 saturated heterocycles. The smallest absolute Gasteiger partial charge is 0.148 e. The van der Waals surface area contributed by atoms with Crippen molar-refractivity contribution in [2.75, 3.05) is 5.32 Å². The quantitative estimate of drug-likeness (QED) is 0.341. The Morgan fingerprint density at radius 2 is 1.48 bits per heavy atom. The zero-order valence-electron chi connectivity index (χ0n) is 16.5. The van der Waals surface area contributed by atoms with Gasteiger partial charge in [-0.1, -0.05) is 60.2 Å². The van der Waals surface area contributed by atoms with Crippen LogP contribution < -0.4 is 5.32 Å². The summed E-state index contributed by atoms with van der Waals surface area (Å²) in [5.41, 5.74) is 7.10. The molecule has 0 spiro atoms. The number of rotatable bonds is 1. The molecule has 0 aliphatic carbocycles. The van der Waals surface area contributed by atoms with Gasteiger partial charge in [0.15, 0.2) is 0 Å². The monoisotopic (exact) mass is 375 g/mol. The van der Waals surface area contributed by atoms with Crippen molar-refractivity contribution in [3.8, 4) is 11.3 Å². The lowest BCUT2D eigenvalue weighted by Gasteiger charge is -2.31. The molecule has 1 N–H and O–H groups in total. The van der Waals surface area contributed by atoms with E-state index in [0.29, 0.717) is 0 Å². The summed E-state index contributed by atoms with van der Waals surface area (Å²) in [5.74, 6) is 0. The highest BCUT2D eigenvalue weighted by atomic mass is 15.4. The predicted octanol–water partition coefficient (Wildman–Crippen LogP) is 6.45. The Morgan fingerprint density at radius 3 is 2.21 bits per heavy atom. The van der Waals surface area contributed by atoms with Gasteiger partial charge in [0.1, 0.15) is 6.17 Å². The number of aromatic nitrogens is 2. The maximum absolute atomic E-state index is 4.91. The van der Waals surface area contributed by atoms with E-state index in [4.69, 9.17) is 5.10 Å². The van der Waals surface area contributed by atoms with Crippen molar-refractivity contribution >= 4 is 27.2 Å². The Kier molecular flexibility index (Phi) is 3.36. The van der Waals surface area contributed by atoms with E-state index in [0.717, 1.165) is 11.4 Å². The Bertz CT molecular complexity index is 1360. The third-order valence-corrected chi connectivity index (χ3v) is 5.93. The molecular weight excluding hydrogens is 354 g/mol. The van der Waals surface area contributed by atoms with E-state index in [1.54, 1.807) is 0 Å². The molecule has 1 aliphatic heterocycles. The molecule has 1 atom stereocenters. The average molecular weight is 375 g/mol. The molecule has 2 heterocycles. The molecule has 3 heteroatoms. The average Bonchev–Trinajstić information content (AvgIpc) is 3.13. The number of anilines is 1. The van der Waals surface area contributed by atoms with Crippen LogP contribution in [0.5, 0.6) is 0 Å². The lowest BCUT2D eigenvalue weighted by Crippen LogP contribution is -2.26. The molecule has 0 saturated carbocycles. The van der Waals surface area contributed by atoms with Crippen LogP contribution in [0.1, 0.15) is 23.0 Å². The van der Waals surface area contributed by atoms with Crippen molar-refractivity contribution in [1.82, 2.24) is 9.78 Å². The number of aryl methyl sites for hydroxylation is 2. The van der Waals surface area contributed by atoms with Gasteiger partial charge in [-0.3, -0.25) is 0 Å². The maximum atomic E-state index is 4.91. The highest BCUT2D eigenvalue weighted by Gasteiger charge is 2.29. The van der Waals surface area contributed by atoms with Gasteiger partial charge in [-0.05, 0) is 59.7 Å². The molecule has 0 amide bonds. The number of fused-ring (bicyclic) bond motifs is 5. The normalized spacial score (nSPS) is 15.2. The molecular formula is C26H21N3. The van der Waals surface area contributed by atoms with Gasteiger partial charge in [0, 0.05) is 16.8 Å². The van der Waals surface area contributed by atoms with Crippen molar-refractivity contribution in [2.45, 2.75) is 20.0 Å². The van der Waals surface area contributed by atoms with E-state index in [2.05, 4.69) is 103 Å². The summed E-state index contributed by atoms with van der Waals surface area (Å²) < 4.78 is 2.16. The van der Waals surface area contributed by atoms with Gasteiger partial charge in [-0.2, -0.15) is 5.10 Å². The third kappa shape index (κ3) is 2.40. The van der Waals surface area contributed by atoms with E-state index in [1.807, 2.05) is 0 Å². The zero-order valence-corrected chi connectivity index (χ0v) is 16.5. The van der Waals surface area contributed by atoms with Crippen LogP contribution >= 0.6 is 0 Å². The number of nitrogens with zero attached hydrogens (tertiary/aromatic N) is 2. The molecule has 1 aliphatic rings. The molecule has 5 aromatic rings. The number of hydrogen-bond acceptors (Lipinski definition) is 2. The summed E-state index contributed by atoms with van der Waals surface area (Å²) in [6, 6.07) is 28.4. The summed E-state index contributed by atoms with van der Waals surface area (Å²) in [7, 11) is 0. The first-order valence-corrected chi connectivity index (χ1v) is 10.0. The highest BCUT2D eigenvalue weighted by Crippen LogP contribution is 2.42. The van der Waals surface area contributed by atoms with E-state index < -0.39 is 0 Å². The molecule has 6 rings (SSSR count). The molecule has 0 radical (unpaired) electrons. The Morgan fingerprint density at radius 1 is 0.793 bits per heavy atom. The minimum atomic E-state index is -0.0649. The number of hydrogen-bond donors (Lipinski definition) is 1. The highest BCUT2D eigenvalue weighted by molar-refractivity contribution is 6.03. The van der Waals surface area contributed by atoms with E-state index in [9.17, 15) is 0 Å². The van der Waals surface area contributed by atoms with Crippen molar-refractivity contribution in [3.05, 3.63) is 95.7 Å². The summed E-state index contributed by atoms with van der Waals surface area (Å²) >= 11 is 0. The summed E-state index contributed by atoms with van der Waals surface area (Å²) in [4.78, 5) is 0. The lowest BCUT2D eigenvalue weighted by molar-refractivity contribution is 0.577. The molecule has 140 valence electrons. The van der Waals surface area contributed by atoms with Crippen molar-refractivity contribution < 1.29 is 0 Å². The molecule has 0 bridgehead atoms. The molecule has 3 nitrogen and oxygen atoms in total. The SMILES string of the molecule is Cc1ccc2c(c1)-c1cc(C)nn1C(c1c3ccccc3cc3ccccc13)N2. The molecule has 0 fully saturated rings. The number of nitrogens with one attached hydrogen (secondary N) is 1. The standard InChI is InChI=1S/C26H21N3/c1-16-11-12-23-22(13-16)24-14-17(2)28-29(24)26(27-23)25-20-9-5-3-7-18(20)15-19-8-4-6-10-21(19)25/h3-15,26-27H,1-2H3. The van der Waals surface area contributed by atoms with Crippen LogP contribution in [0.15, 0.2) is 78.9 Å². The first-order chi connectivity index (χ1) is 14.2. The van der Waals surface area contributed by atoms with Gasteiger partial charge >= 0.3 is 0 Å². The Balaban J connectivity index is 1.70.